The van der Waals surface area contributed by atoms with Gasteiger partial charge in [-0.15, -0.1) is 0 Å². The molecule has 1 N–H and O–H groups in total. The molecule has 0 saturated carbocycles. The van der Waals surface area contributed by atoms with Crippen LogP contribution in [0.15, 0.2) is 87.7 Å². The van der Waals surface area contributed by atoms with Crippen molar-refractivity contribution in [3.05, 3.63) is 78.9 Å². The van der Waals surface area contributed by atoms with E-state index in [0.717, 1.165) is 49.4 Å². The Morgan fingerprint density at radius 3 is 2.15 bits per heavy atom. The first-order valence-corrected chi connectivity index (χ1v) is 8.84. The summed E-state index contributed by atoms with van der Waals surface area (Å²) in [4.78, 5) is 0. The van der Waals surface area contributed by atoms with Crippen LogP contribution in [-0.4, -0.2) is 5.11 Å². The van der Waals surface area contributed by atoms with Crippen molar-refractivity contribution in [1.82, 2.24) is 0 Å². The van der Waals surface area contributed by atoms with E-state index >= 15 is 0 Å². The molecule has 3 heteroatoms. The van der Waals surface area contributed by atoms with Crippen molar-refractivity contribution < 1.29 is 13.9 Å². The first-order chi connectivity index (χ1) is 13.3. The molecule has 0 aliphatic heterocycles. The fourth-order valence-corrected chi connectivity index (χ4v) is 3.96. The predicted molar refractivity (Wildman–Crippen MR) is 108 cm³/mol. The molecule has 0 atom stereocenters. The second-order valence-corrected chi connectivity index (χ2v) is 6.75. The summed E-state index contributed by atoms with van der Waals surface area (Å²) in [5.74, 6) is 0.209. The summed E-state index contributed by atoms with van der Waals surface area (Å²) in [5.41, 5.74) is 4.90. The van der Waals surface area contributed by atoms with Crippen molar-refractivity contribution in [2.75, 3.05) is 0 Å². The molecule has 0 fully saturated rings. The van der Waals surface area contributed by atoms with E-state index in [1.54, 1.807) is 6.07 Å². The van der Waals surface area contributed by atoms with Crippen LogP contribution in [0.3, 0.4) is 0 Å². The van der Waals surface area contributed by atoms with Crippen LogP contribution in [-0.2, 0) is 0 Å². The highest BCUT2D eigenvalue weighted by Crippen LogP contribution is 2.41. The first-order valence-electron chi connectivity index (χ1n) is 8.84. The van der Waals surface area contributed by atoms with Gasteiger partial charge in [-0.25, -0.2) is 0 Å². The van der Waals surface area contributed by atoms with Crippen molar-refractivity contribution in [2.45, 2.75) is 0 Å². The number of phenolic OH excluding ortho intramolecular Hbond substituents is 1. The Kier molecular flexibility index (Phi) is 2.75. The Bertz CT molecular complexity index is 1480. The average molecular weight is 350 g/mol. The molecule has 0 aliphatic carbocycles. The Balaban J connectivity index is 1.69. The van der Waals surface area contributed by atoms with Crippen LogP contribution in [0.2, 0.25) is 0 Å². The Hall–Kier alpha value is -3.72. The topological polar surface area (TPSA) is 46.5 Å². The summed E-state index contributed by atoms with van der Waals surface area (Å²) in [6.07, 6.45) is 0. The monoisotopic (exact) mass is 350 g/mol. The predicted octanol–water partition coefficient (Wildman–Crippen LogP) is 6.86. The van der Waals surface area contributed by atoms with Gasteiger partial charge in [0.15, 0.2) is 0 Å². The van der Waals surface area contributed by atoms with E-state index in [9.17, 15) is 5.11 Å². The number of benzene rings is 4. The van der Waals surface area contributed by atoms with E-state index < -0.39 is 0 Å². The lowest BCUT2D eigenvalue weighted by atomic mass is 10.0. The number of furan rings is 2. The minimum absolute atomic E-state index is 0.209. The molecule has 0 unspecified atom stereocenters. The highest BCUT2D eigenvalue weighted by Gasteiger charge is 2.16. The molecule has 2 aromatic heterocycles. The van der Waals surface area contributed by atoms with Gasteiger partial charge in [-0.1, -0.05) is 54.6 Å². The second kappa shape index (κ2) is 5.15. The fourth-order valence-electron chi connectivity index (χ4n) is 3.96. The summed E-state index contributed by atoms with van der Waals surface area (Å²) in [6.45, 7) is 0. The van der Waals surface area contributed by atoms with Gasteiger partial charge in [0.2, 0.25) is 0 Å². The zero-order valence-electron chi connectivity index (χ0n) is 14.3. The van der Waals surface area contributed by atoms with E-state index in [2.05, 4.69) is 12.1 Å². The number of hydrogen-bond donors (Lipinski definition) is 1. The molecule has 6 aromatic rings. The minimum Gasteiger partial charge on any atom is -0.507 e. The first kappa shape index (κ1) is 14.4. The van der Waals surface area contributed by atoms with Crippen molar-refractivity contribution in [1.29, 1.82) is 0 Å². The zero-order chi connectivity index (χ0) is 18.0. The van der Waals surface area contributed by atoms with Crippen LogP contribution < -0.4 is 0 Å². The molecular weight excluding hydrogens is 336 g/mol. The normalized spacial score (nSPS) is 11.9. The lowest BCUT2D eigenvalue weighted by molar-refractivity contribution is 0.482. The van der Waals surface area contributed by atoms with E-state index in [1.807, 2.05) is 60.7 Å². The van der Waals surface area contributed by atoms with Crippen molar-refractivity contribution in [3.8, 4) is 16.9 Å². The van der Waals surface area contributed by atoms with E-state index in [4.69, 9.17) is 8.83 Å². The van der Waals surface area contributed by atoms with Gasteiger partial charge in [-0.2, -0.15) is 0 Å². The van der Waals surface area contributed by atoms with Gasteiger partial charge in [-0.3, -0.25) is 0 Å². The number of hydrogen-bond acceptors (Lipinski definition) is 3. The highest BCUT2D eigenvalue weighted by molar-refractivity contribution is 6.12. The lowest BCUT2D eigenvalue weighted by Gasteiger charge is -2.04. The Morgan fingerprint density at radius 1 is 0.593 bits per heavy atom. The quantitative estimate of drug-likeness (QED) is 0.352. The van der Waals surface area contributed by atoms with Crippen molar-refractivity contribution in [2.24, 2.45) is 0 Å². The molecule has 2 heterocycles. The third-order valence-electron chi connectivity index (χ3n) is 5.17. The SMILES string of the molecule is Oc1cc(-c2cccc3c2oc2ccccc23)cc2oc3ccccc3c12. The van der Waals surface area contributed by atoms with Gasteiger partial charge in [0, 0.05) is 21.7 Å². The number of para-hydroxylation sites is 3. The third-order valence-corrected chi connectivity index (χ3v) is 5.17. The number of rotatable bonds is 1. The Labute approximate surface area is 154 Å². The van der Waals surface area contributed by atoms with Crippen LogP contribution in [0.4, 0.5) is 0 Å². The summed E-state index contributed by atoms with van der Waals surface area (Å²) >= 11 is 0. The smallest absolute Gasteiger partial charge is 0.143 e. The number of phenols is 1. The van der Waals surface area contributed by atoms with Crippen molar-refractivity contribution in [3.63, 3.8) is 0 Å². The molecule has 0 spiro atoms. The maximum Gasteiger partial charge on any atom is 0.143 e. The van der Waals surface area contributed by atoms with Crippen LogP contribution >= 0.6 is 0 Å². The number of fused-ring (bicyclic) bond motifs is 6. The molecule has 0 bridgehead atoms. The standard InChI is InChI=1S/C24H14O3/c25-19-12-14(13-22-23(19)18-7-2-4-11-21(18)26-22)15-8-5-9-17-16-6-1-3-10-20(16)27-24(15)17/h1-13,25H. The third kappa shape index (κ3) is 1.97. The van der Waals surface area contributed by atoms with Gasteiger partial charge >= 0.3 is 0 Å². The van der Waals surface area contributed by atoms with E-state index in [-0.39, 0.29) is 5.75 Å². The molecular formula is C24H14O3. The average Bonchev–Trinajstić information content (AvgIpc) is 3.26. The molecule has 27 heavy (non-hydrogen) atoms. The molecule has 0 radical (unpaired) electrons. The lowest BCUT2D eigenvalue weighted by Crippen LogP contribution is -1.80. The van der Waals surface area contributed by atoms with Crippen LogP contribution in [0.5, 0.6) is 5.75 Å². The largest absolute Gasteiger partial charge is 0.507 e. The minimum atomic E-state index is 0.209. The van der Waals surface area contributed by atoms with E-state index in [1.165, 1.54) is 0 Å². The van der Waals surface area contributed by atoms with Gasteiger partial charge in [0.1, 0.15) is 28.1 Å². The Morgan fingerprint density at radius 2 is 1.30 bits per heavy atom. The van der Waals surface area contributed by atoms with E-state index in [0.29, 0.717) is 5.58 Å². The summed E-state index contributed by atoms with van der Waals surface area (Å²) < 4.78 is 12.1. The maximum atomic E-state index is 10.7. The molecule has 0 aliphatic rings. The number of aromatic hydroxyl groups is 1. The van der Waals surface area contributed by atoms with Crippen LogP contribution in [0.1, 0.15) is 0 Å². The van der Waals surface area contributed by atoms with Gasteiger partial charge < -0.3 is 13.9 Å². The molecule has 4 aromatic carbocycles. The highest BCUT2D eigenvalue weighted by atomic mass is 16.3. The molecule has 6 rings (SSSR count). The zero-order valence-corrected chi connectivity index (χ0v) is 14.3. The summed E-state index contributed by atoms with van der Waals surface area (Å²) in [5, 5.41) is 14.5. The summed E-state index contributed by atoms with van der Waals surface area (Å²) in [6, 6.07) is 25.6. The van der Waals surface area contributed by atoms with Gasteiger partial charge in [0.25, 0.3) is 0 Å². The fraction of sp³-hybridized carbons (Fsp3) is 0. The summed E-state index contributed by atoms with van der Waals surface area (Å²) in [7, 11) is 0. The second-order valence-electron chi connectivity index (χ2n) is 6.75. The van der Waals surface area contributed by atoms with Crippen LogP contribution in [0.25, 0.3) is 55.0 Å². The van der Waals surface area contributed by atoms with Gasteiger partial charge in [0.05, 0.1) is 5.39 Å². The molecule has 0 amide bonds. The molecule has 3 nitrogen and oxygen atoms in total. The van der Waals surface area contributed by atoms with Gasteiger partial charge in [-0.05, 0) is 29.8 Å². The van der Waals surface area contributed by atoms with Crippen molar-refractivity contribution >= 4 is 43.9 Å². The maximum absolute atomic E-state index is 10.7. The molecule has 128 valence electrons. The molecule has 0 saturated heterocycles. The van der Waals surface area contributed by atoms with Crippen LogP contribution in [0, 0.1) is 0 Å².